The summed E-state index contributed by atoms with van der Waals surface area (Å²) in [5, 5.41) is 5.25. The van der Waals surface area contributed by atoms with Crippen LogP contribution in [0.4, 0.5) is 5.82 Å². The van der Waals surface area contributed by atoms with Crippen LogP contribution in [0.3, 0.4) is 0 Å². The Balaban J connectivity index is 1.64. The fraction of sp³-hybridized carbons (Fsp3) is 0.391. The van der Waals surface area contributed by atoms with Crippen molar-refractivity contribution in [3.63, 3.8) is 0 Å². The minimum absolute atomic E-state index is 0.155. The minimum Gasteiger partial charge on any atom is -0.481 e. The molecule has 1 saturated heterocycles. The van der Waals surface area contributed by atoms with Crippen LogP contribution >= 0.6 is 8.38 Å². The van der Waals surface area contributed by atoms with E-state index in [1.54, 1.807) is 36.5 Å². The number of methoxy groups -OCH3 is 1. The van der Waals surface area contributed by atoms with Gasteiger partial charge in [0.2, 0.25) is 5.88 Å². The number of piperidine rings is 1. The highest BCUT2D eigenvalue weighted by molar-refractivity contribution is 7.45. The number of benzene rings is 1. The number of ketones is 1. The third-order valence-electron chi connectivity index (χ3n) is 6.04. The summed E-state index contributed by atoms with van der Waals surface area (Å²) < 4.78 is 6.54. The second-order valence-electron chi connectivity index (χ2n) is 8.16. The summed E-state index contributed by atoms with van der Waals surface area (Å²) in [4.78, 5) is 51.1. The van der Waals surface area contributed by atoms with Crippen LogP contribution in [0.15, 0.2) is 47.4 Å². The summed E-state index contributed by atoms with van der Waals surface area (Å²) in [5.41, 5.74) is 0.158. The molecule has 9 nitrogen and oxygen atoms in total. The smallest absolute Gasteiger partial charge is 0.278 e. The van der Waals surface area contributed by atoms with Crippen molar-refractivity contribution in [1.29, 1.82) is 0 Å². The first kappa shape index (κ1) is 23.3. The van der Waals surface area contributed by atoms with E-state index in [-0.39, 0.29) is 17.9 Å². The van der Waals surface area contributed by atoms with Crippen LogP contribution in [-0.2, 0) is 6.54 Å². The fourth-order valence-corrected chi connectivity index (χ4v) is 4.79. The maximum atomic E-state index is 13.4. The summed E-state index contributed by atoms with van der Waals surface area (Å²) in [6.07, 6.45) is 4.51. The standard InChI is InChI=1S/C23H27N4O5P/c1-32-20-13-18-14-24-27(15-19(28)17-5-3-2-4-6-17)23(29)21(18)22(25-20)26-10-7-16(8-11-26)9-12-33(30)31/h2-6,13-14,16,30-31H,7-12,15H2,1H3. The predicted molar refractivity (Wildman–Crippen MR) is 127 cm³/mol. The molecule has 0 bridgehead atoms. The van der Waals surface area contributed by atoms with Gasteiger partial charge in [-0.2, -0.15) is 10.1 Å². The van der Waals surface area contributed by atoms with Gasteiger partial charge >= 0.3 is 0 Å². The lowest BCUT2D eigenvalue weighted by Gasteiger charge is -2.33. The first-order valence-corrected chi connectivity index (χ1v) is 12.3. The van der Waals surface area contributed by atoms with Crippen LogP contribution in [0.2, 0.25) is 0 Å². The zero-order valence-electron chi connectivity index (χ0n) is 18.4. The number of ether oxygens (including phenoxy) is 1. The van der Waals surface area contributed by atoms with Crippen LogP contribution < -0.4 is 15.2 Å². The van der Waals surface area contributed by atoms with Gasteiger partial charge in [-0.15, -0.1) is 0 Å². The number of carbonyl (C=O) groups is 1. The Bertz CT molecular complexity index is 1180. The molecule has 0 spiro atoms. The van der Waals surface area contributed by atoms with Crippen LogP contribution in [0.25, 0.3) is 10.8 Å². The molecular weight excluding hydrogens is 443 g/mol. The Kier molecular flexibility index (Phi) is 7.33. The Labute approximate surface area is 192 Å². The maximum absolute atomic E-state index is 13.4. The van der Waals surface area contributed by atoms with Gasteiger partial charge in [0.25, 0.3) is 5.56 Å². The Morgan fingerprint density at radius 1 is 1.21 bits per heavy atom. The molecule has 1 fully saturated rings. The zero-order chi connectivity index (χ0) is 23.4. The number of fused-ring (bicyclic) bond motifs is 1. The molecular formula is C23H27N4O5P. The number of rotatable bonds is 8. The third-order valence-corrected chi connectivity index (χ3v) is 6.70. The van der Waals surface area contributed by atoms with Gasteiger partial charge in [0.1, 0.15) is 12.4 Å². The average molecular weight is 470 g/mol. The molecule has 0 amide bonds. The Morgan fingerprint density at radius 2 is 1.94 bits per heavy atom. The average Bonchev–Trinajstić information content (AvgIpc) is 2.84. The first-order chi connectivity index (χ1) is 16.0. The number of anilines is 1. The van der Waals surface area contributed by atoms with E-state index in [0.717, 1.165) is 19.3 Å². The number of carbonyl (C=O) groups excluding carboxylic acids is 1. The van der Waals surface area contributed by atoms with Gasteiger partial charge in [-0.25, -0.2) is 4.68 Å². The Morgan fingerprint density at radius 3 is 2.61 bits per heavy atom. The molecule has 3 aromatic rings. The number of aromatic nitrogens is 3. The molecule has 1 aliphatic heterocycles. The molecule has 10 heteroatoms. The van der Waals surface area contributed by atoms with Crippen molar-refractivity contribution in [3.8, 4) is 5.88 Å². The van der Waals surface area contributed by atoms with Crippen molar-refractivity contribution in [2.45, 2.75) is 25.8 Å². The van der Waals surface area contributed by atoms with E-state index >= 15 is 0 Å². The molecule has 174 valence electrons. The van der Waals surface area contributed by atoms with Gasteiger partial charge in [-0.3, -0.25) is 9.59 Å². The second-order valence-corrected chi connectivity index (χ2v) is 9.36. The van der Waals surface area contributed by atoms with E-state index in [0.29, 0.717) is 53.2 Å². The normalized spacial score (nSPS) is 14.7. The molecule has 2 aromatic heterocycles. The third kappa shape index (κ3) is 5.38. The van der Waals surface area contributed by atoms with Gasteiger partial charge in [-0.05, 0) is 25.2 Å². The number of Topliss-reactive ketones (excluding diaryl/α,β-unsaturated/α-hetero) is 1. The van der Waals surface area contributed by atoms with E-state index in [1.165, 1.54) is 11.8 Å². The quantitative estimate of drug-likeness (QED) is 0.381. The van der Waals surface area contributed by atoms with E-state index in [4.69, 9.17) is 4.74 Å². The molecule has 4 rings (SSSR count). The van der Waals surface area contributed by atoms with E-state index in [1.807, 2.05) is 6.07 Å². The number of hydrogen-bond acceptors (Lipinski definition) is 8. The molecule has 0 aliphatic carbocycles. The van der Waals surface area contributed by atoms with Crippen molar-refractivity contribution in [2.24, 2.45) is 5.92 Å². The van der Waals surface area contributed by atoms with Gasteiger partial charge in [0.15, 0.2) is 14.2 Å². The Hall–Kier alpha value is -2.87. The number of hydrogen-bond donors (Lipinski definition) is 2. The van der Waals surface area contributed by atoms with Crippen molar-refractivity contribution in [3.05, 3.63) is 58.5 Å². The summed E-state index contributed by atoms with van der Waals surface area (Å²) in [6.45, 7) is 1.23. The van der Waals surface area contributed by atoms with Gasteiger partial charge < -0.3 is 19.4 Å². The molecule has 1 aliphatic rings. The highest BCUT2D eigenvalue weighted by Gasteiger charge is 2.25. The van der Waals surface area contributed by atoms with Crippen molar-refractivity contribution in [2.75, 3.05) is 31.3 Å². The predicted octanol–water partition coefficient (Wildman–Crippen LogP) is 2.59. The number of pyridine rings is 1. The molecule has 0 atom stereocenters. The lowest BCUT2D eigenvalue weighted by molar-refractivity contribution is 0.0966. The first-order valence-electron chi connectivity index (χ1n) is 10.9. The van der Waals surface area contributed by atoms with E-state index < -0.39 is 8.38 Å². The lowest BCUT2D eigenvalue weighted by Crippen LogP contribution is -2.36. The lowest BCUT2D eigenvalue weighted by atomic mass is 9.94. The van der Waals surface area contributed by atoms with Crippen molar-refractivity contribution in [1.82, 2.24) is 14.8 Å². The topological polar surface area (TPSA) is 118 Å². The molecule has 3 heterocycles. The van der Waals surface area contributed by atoms with Crippen molar-refractivity contribution >= 4 is 30.7 Å². The van der Waals surface area contributed by atoms with Crippen LogP contribution in [-0.4, -0.2) is 56.7 Å². The highest BCUT2D eigenvalue weighted by Crippen LogP contribution is 2.33. The zero-order valence-corrected chi connectivity index (χ0v) is 19.3. The molecule has 33 heavy (non-hydrogen) atoms. The maximum Gasteiger partial charge on any atom is 0.278 e. The summed E-state index contributed by atoms with van der Waals surface area (Å²) in [6, 6.07) is 10.5. The van der Waals surface area contributed by atoms with Gasteiger partial charge in [0.05, 0.1) is 18.7 Å². The van der Waals surface area contributed by atoms with Gasteiger partial charge in [-0.1, -0.05) is 30.3 Å². The monoisotopic (exact) mass is 470 g/mol. The summed E-state index contributed by atoms with van der Waals surface area (Å²) in [5.74, 6) is 1.14. The second kappa shape index (κ2) is 10.4. The fourth-order valence-electron chi connectivity index (χ4n) is 4.19. The molecule has 1 aromatic carbocycles. The molecule has 0 unspecified atom stereocenters. The summed E-state index contributed by atoms with van der Waals surface area (Å²) >= 11 is 0. The summed E-state index contributed by atoms with van der Waals surface area (Å²) in [7, 11) is -0.337. The van der Waals surface area contributed by atoms with Gasteiger partial charge in [0, 0.05) is 36.3 Å². The van der Waals surface area contributed by atoms with Crippen LogP contribution in [0, 0.1) is 5.92 Å². The minimum atomic E-state index is -1.86. The van der Waals surface area contributed by atoms with E-state index in [9.17, 15) is 19.4 Å². The van der Waals surface area contributed by atoms with Crippen molar-refractivity contribution < 1.29 is 19.3 Å². The van der Waals surface area contributed by atoms with Crippen LogP contribution in [0.5, 0.6) is 5.88 Å². The van der Waals surface area contributed by atoms with E-state index in [2.05, 4.69) is 15.0 Å². The number of nitrogens with zero attached hydrogens (tertiary/aromatic N) is 4. The largest absolute Gasteiger partial charge is 0.481 e. The molecule has 0 saturated carbocycles. The SMILES string of the molecule is COc1cc2cnn(CC(=O)c3ccccc3)c(=O)c2c(N2CCC(CCP(O)O)CC2)n1. The highest BCUT2D eigenvalue weighted by atomic mass is 31.2. The molecule has 0 radical (unpaired) electrons. The van der Waals surface area contributed by atoms with Crippen LogP contribution in [0.1, 0.15) is 29.6 Å². The molecule has 2 N–H and O–H groups in total.